The molecule has 22 heavy (non-hydrogen) atoms. The van der Waals surface area contributed by atoms with E-state index in [2.05, 4.69) is 13.2 Å². The molecule has 0 bridgehead atoms. The van der Waals surface area contributed by atoms with Crippen LogP contribution >= 0.6 is 0 Å². The maximum Gasteiger partial charge on any atom is 0.252 e. The SMILES string of the molecule is [2H]N(Cc1ccccc1)C1=C(C(=O)N(CC=C)CC=C)CCC1. The van der Waals surface area contributed by atoms with Crippen molar-refractivity contribution in [3.05, 3.63) is 72.5 Å². The first-order valence-corrected chi connectivity index (χ1v) is 7.70. The molecule has 0 saturated carbocycles. The molecule has 0 fully saturated rings. The summed E-state index contributed by atoms with van der Waals surface area (Å²) in [5.41, 5.74) is 2.68. The van der Waals surface area contributed by atoms with Gasteiger partial charge in [-0.2, -0.15) is 0 Å². The standard InChI is InChI=1S/C19H24N2O/c1-3-13-21(14-4-2)19(22)17-11-8-12-18(17)20-15-16-9-6-5-7-10-16/h3-7,9-10,20H,1-2,8,11-15H2/i/hD. The second kappa shape index (κ2) is 8.23. The van der Waals surface area contributed by atoms with Gasteiger partial charge in [-0.1, -0.05) is 42.5 Å². The summed E-state index contributed by atoms with van der Waals surface area (Å²) in [5, 5.41) is 1.47. The minimum absolute atomic E-state index is 0.00242. The van der Waals surface area contributed by atoms with Gasteiger partial charge in [0, 0.05) is 30.9 Å². The zero-order valence-corrected chi connectivity index (χ0v) is 13.0. The summed E-state index contributed by atoms with van der Waals surface area (Å²) in [7, 11) is 0. The fourth-order valence-corrected chi connectivity index (χ4v) is 2.65. The highest BCUT2D eigenvalue weighted by molar-refractivity contribution is 5.94. The average Bonchev–Trinajstić information content (AvgIpc) is 3.04. The van der Waals surface area contributed by atoms with Crippen molar-refractivity contribution in [2.45, 2.75) is 25.8 Å². The van der Waals surface area contributed by atoms with E-state index < -0.39 is 0 Å². The molecular formula is C19H24N2O. The first kappa shape index (κ1) is 14.6. The number of amides is 1. The third kappa shape index (κ3) is 4.10. The van der Waals surface area contributed by atoms with E-state index in [0.717, 1.165) is 36.1 Å². The first-order valence-electron chi connectivity index (χ1n) is 8.15. The molecule has 3 heteroatoms. The van der Waals surface area contributed by atoms with E-state index in [9.17, 15) is 4.79 Å². The third-order valence-electron chi connectivity index (χ3n) is 3.73. The molecule has 0 saturated heterocycles. The van der Waals surface area contributed by atoms with E-state index in [0.29, 0.717) is 19.6 Å². The summed E-state index contributed by atoms with van der Waals surface area (Å²) in [6.07, 6.45) is 5.89. The van der Waals surface area contributed by atoms with Crippen LogP contribution in [0, 0.1) is 0 Å². The molecule has 1 N–H and O–H groups in total. The monoisotopic (exact) mass is 297 g/mol. The quantitative estimate of drug-likeness (QED) is 0.746. The Morgan fingerprint density at radius 2 is 1.91 bits per heavy atom. The van der Waals surface area contributed by atoms with Gasteiger partial charge in [0.25, 0.3) is 5.91 Å². The summed E-state index contributed by atoms with van der Waals surface area (Å²) in [6, 6.07) is 9.90. The number of hydrogen-bond acceptors (Lipinski definition) is 2. The second-order valence-electron chi connectivity index (χ2n) is 5.37. The molecule has 0 atom stereocenters. The van der Waals surface area contributed by atoms with Gasteiger partial charge < -0.3 is 10.2 Å². The Hall–Kier alpha value is -2.29. The lowest BCUT2D eigenvalue weighted by molar-refractivity contribution is -0.126. The van der Waals surface area contributed by atoms with Crippen LogP contribution in [0.2, 0.25) is 1.41 Å². The minimum atomic E-state index is 0.00242. The molecule has 1 aromatic rings. The van der Waals surface area contributed by atoms with E-state index in [1.807, 2.05) is 30.3 Å². The van der Waals surface area contributed by atoms with E-state index in [4.69, 9.17) is 1.41 Å². The number of benzene rings is 1. The number of carbonyl (C=O) groups is 1. The van der Waals surface area contributed by atoms with Crippen molar-refractivity contribution < 1.29 is 6.21 Å². The molecule has 2 rings (SSSR count). The molecule has 0 heterocycles. The largest absolute Gasteiger partial charge is 0.384 e. The Morgan fingerprint density at radius 3 is 2.55 bits per heavy atom. The van der Waals surface area contributed by atoms with Crippen LogP contribution in [0.4, 0.5) is 0 Å². The summed E-state index contributed by atoms with van der Waals surface area (Å²) < 4.78 is 8.34. The van der Waals surface area contributed by atoms with Gasteiger partial charge in [-0.05, 0) is 24.8 Å². The Morgan fingerprint density at radius 1 is 1.23 bits per heavy atom. The topological polar surface area (TPSA) is 32.3 Å². The summed E-state index contributed by atoms with van der Waals surface area (Å²) in [4.78, 5) is 14.5. The number of rotatable bonds is 8. The van der Waals surface area contributed by atoms with E-state index >= 15 is 0 Å². The van der Waals surface area contributed by atoms with Crippen molar-refractivity contribution in [1.82, 2.24) is 10.2 Å². The normalized spacial score (nSPS) is 14.5. The van der Waals surface area contributed by atoms with Crippen LogP contribution in [-0.2, 0) is 11.3 Å². The molecular weight excluding hydrogens is 272 g/mol. The summed E-state index contributed by atoms with van der Waals surface area (Å²) >= 11 is 0. The lowest BCUT2D eigenvalue weighted by Crippen LogP contribution is -2.33. The fraction of sp³-hybridized carbons (Fsp3) is 0.316. The Balaban J connectivity index is 2.17. The van der Waals surface area contributed by atoms with Crippen LogP contribution in [-0.4, -0.2) is 23.9 Å². The molecule has 0 aromatic heterocycles. The van der Waals surface area contributed by atoms with Crippen molar-refractivity contribution >= 4 is 5.91 Å². The molecule has 1 aliphatic rings. The highest BCUT2D eigenvalue weighted by atomic mass is 16.2. The lowest BCUT2D eigenvalue weighted by atomic mass is 10.1. The first-order chi connectivity index (χ1) is 11.2. The van der Waals surface area contributed by atoms with Crippen LogP contribution in [0.3, 0.4) is 0 Å². The van der Waals surface area contributed by atoms with E-state index in [-0.39, 0.29) is 5.91 Å². The van der Waals surface area contributed by atoms with Crippen molar-refractivity contribution in [1.29, 1.82) is 0 Å². The number of carbonyl (C=O) groups excluding carboxylic acids is 1. The van der Waals surface area contributed by atoms with Crippen molar-refractivity contribution in [2.24, 2.45) is 0 Å². The molecule has 0 radical (unpaired) electrons. The van der Waals surface area contributed by atoms with Gasteiger partial charge in [0.2, 0.25) is 0 Å². The summed E-state index contributed by atoms with van der Waals surface area (Å²) in [6.45, 7) is 8.91. The van der Waals surface area contributed by atoms with Gasteiger partial charge in [0.15, 0.2) is 1.41 Å². The van der Waals surface area contributed by atoms with Gasteiger partial charge in [-0.3, -0.25) is 4.79 Å². The highest BCUT2D eigenvalue weighted by Gasteiger charge is 2.24. The van der Waals surface area contributed by atoms with Crippen LogP contribution < -0.4 is 5.31 Å². The molecule has 1 aliphatic carbocycles. The van der Waals surface area contributed by atoms with E-state index in [1.165, 1.54) is 5.31 Å². The smallest absolute Gasteiger partial charge is 0.252 e. The third-order valence-corrected chi connectivity index (χ3v) is 3.73. The van der Waals surface area contributed by atoms with Gasteiger partial charge >= 0.3 is 0 Å². The van der Waals surface area contributed by atoms with Gasteiger partial charge in [0.05, 0.1) is 0 Å². The summed E-state index contributed by atoms with van der Waals surface area (Å²) in [5.74, 6) is 0.00242. The van der Waals surface area contributed by atoms with Gasteiger partial charge in [-0.15, -0.1) is 13.2 Å². The molecule has 3 nitrogen and oxygen atoms in total. The lowest BCUT2D eigenvalue weighted by Gasteiger charge is -2.21. The Labute approximate surface area is 134 Å². The minimum Gasteiger partial charge on any atom is -0.384 e. The molecule has 0 unspecified atom stereocenters. The second-order valence-corrected chi connectivity index (χ2v) is 5.37. The maximum absolute atomic E-state index is 12.8. The number of nitrogens with one attached hydrogen (secondary N) is 1. The molecule has 0 spiro atoms. The number of hydrogen-bond donors (Lipinski definition) is 1. The van der Waals surface area contributed by atoms with Crippen LogP contribution in [0.1, 0.15) is 24.8 Å². The fourth-order valence-electron chi connectivity index (χ4n) is 2.65. The predicted molar refractivity (Wildman–Crippen MR) is 91.1 cm³/mol. The molecule has 116 valence electrons. The molecule has 1 aromatic carbocycles. The molecule has 1 amide bonds. The van der Waals surface area contributed by atoms with Crippen molar-refractivity contribution in [2.75, 3.05) is 13.1 Å². The number of allylic oxidation sites excluding steroid dienone is 1. The zero-order chi connectivity index (χ0) is 16.7. The molecule has 0 aliphatic heterocycles. The maximum atomic E-state index is 12.8. The number of nitrogens with zero attached hydrogens (tertiary/aromatic N) is 1. The van der Waals surface area contributed by atoms with Crippen molar-refractivity contribution in [3.8, 4) is 0 Å². The van der Waals surface area contributed by atoms with Crippen LogP contribution in [0.5, 0.6) is 0 Å². The van der Waals surface area contributed by atoms with E-state index in [1.54, 1.807) is 17.1 Å². The average molecular weight is 297 g/mol. The highest BCUT2D eigenvalue weighted by Crippen LogP contribution is 2.26. The predicted octanol–water partition coefficient (Wildman–Crippen LogP) is 3.41. The Kier molecular flexibility index (Phi) is 5.47. The zero-order valence-electron chi connectivity index (χ0n) is 14.0. The van der Waals surface area contributed by atoms with Crippen LogP contribution in [0.15, 0.2) is 66.9 Å². The Bertz CT molecular complexity index is 585. The van der Waals surface area contributed by atoms with Crippen LogP contribution in [0.25, 0.3) is 0 Å². The van der Waals surface area contributed by atoms with Crippen molar-refractivity contribution in [3.63, 3.8) is 0 Å². The van der Waals surface area contributed by atoms with Gasteiger partial charge in [-0.25, -0.2) is 0 Å². The van der Waals surface area contributed by atoms with Gasteiger partial charge in [0.1, 0.15) is 0 Å².